The van der Waals surface area contributed by atoms with Crippen molar-refractivity contribution in [3.05, 3.63) is 58.5 Å². The largest absolute Gasteiger partial charge is 0.416 e. The number of hydrogen-bond donors (Lipinski definition) is 1. The molecule has 9 heteroatoms. The number of hydrazone groups is 1. The van der Waals surface area contributed by atoms with Crippen molar-refractivity contribution in [1.29, 1.82) is 0 Å². The lowest BCUT2D eigenvalue weighted by molar-refractivity contribution is -0.0883. The molecule has 32 heavy (non-hydrogen) atoms. The third kappa shape index (κ3) is 11.8. The third-order valence-electron chi connectivity index (χ3n) is 4.06. The maximum absolute atomic E-state index is 12.8. The van der Waals surface area contributed by atoms with Gasteiger partial charge in [0.05, 0.1) is 11.8 Å². The normalized spacial score (nSPS) is 15.0. The van der Waals surface area contributed by atoms with Crippen LogP contribution in [0, 0.1) is 5.92 Å². The van der Waals surface area contributed by atoms with Crippen LogP contribution in [0.3, 0.4) is 0 Å². The van der Waals surface area contributed by atoms with Gasteiger partial charge in [-0.05, 0) is 50.8 Å². The Kier molecular flexibility index (Phi) is 13.4. The highest BCUT2D eigenvalue weighted by Crippen LogP contribution is 2.29. The van der Waals surface area contributed by atoms with Gasteiger partial charge >= 0.3 is 12.2 Å². The van der Waals surface area contributed by atoms with E-state index in [4.69, 9.17) is 11.6 Å². The summed E-state index contributed by atoms with van der Waals surface area (Å²) in [7, 11) is 3.34. The van der Waals surface area contributed by atoms with E-state index in [1.807, 2.05) is 47.7 Å². The predicted octanol–water partition coefficient (Wildman–Crippen LogP) is 6.59. The van der Waals surface area contributed by atoms with Gasteiger partial charge in [0.25, 0.3) is 0 Å². The Morgan fingerprint density at radius 2 is 1.91 bits per heavy atom. The lowest BCUT2D eigenvalue weighted by Crippen LogP contribution is -2.39. The highest BCUT2D eigenvalue weighted by Gasteiger charge is 2.32. The fraction of sp³-hybridized carbons (Fsp3) is 0.478. The minimum Gasteiger partial charge on any atom is -0.393 e. The smallest absolute Gasteiger partial charge is 0.393 e. The molecule has 0 unspecified atom stereocenters. The zero-order valence-corrected chi connectivity index (χ0v) is 20.6. The number of likely N-dealkylation sites (N-methyl/N-ethyl adjacent to an activating group) is 1. The number of nitrogens with zero attached hydrogens (tertiary/aromatic N) is 3. The molecule has 0 heterocycles. The molecule has 0 aliphatic heterocycles. The summed E-state index contributed by atoms with van der Waals surface area (Å²) in [5.74, 6) is 0.188. The topological polar surface area (TPSA) is 47.9 Å². The lowest BCUT2D eigenvalue weighted by Gasteiger charge is -2.26. The molecule has 1 aliphatic carbocycles. The Bertz CT molecular complexity index is 790. The van der Waals surface area contributed by atoms with Crippen molar-refractivity contribution in [2.24, 2.45) is 11.0 Å². The van der Waals surface area contributed by atoms with Gasteiger partial charge in [0.1, 0.15) is 0 Å². The van der Waals surface area contributed by atoms with E-state index in [0.717, 1.165) is 22.8 Å². The highest BCUT2D eigenvalue weighted by molar-refractivity contribution is 6.29. The first kappa shape index (κ1) is 29.5. The standard InChI is InChI=1S/C19H26F3N3O.C4H8ClN/c1-6-15(4)12-23-25(13-14(2)3)18(26)24(5)17-9-7-8-16(10-11-17)19(20,21)22;1-4(5)3-6-2/h6,8-12,14H,7,13H2,1-5H3;3,6H,1-2H3/b15-6+,23-12+;4-3+. The summed E-state index contributed by atoms with van der Waals surface area (Å²) in [6.45, 7) is 9.88. The fourth-order valence-corrected chi connectivity index (χ4v) is 2.42. The van der Waals surface area contributed by atoms with Gasteiger partial charge in [-0.2, -0.15) is 18.3 Å². The maximum Gasteiger partial charge on any atom is 0.416 e. The van der Waals surface area contributed by atoms with Gasteiger partial charge in [0, 0.05) is 37.6 Å². The molecule has 2 amide bonds. The van der Waals surface area contributed by atoms with E-state index in [9.17, 15) is 18.0 Å². The molecule has 0 aromatic heterocycles. The average Bonchev–Trinajstić information content (AvgIpc) is 2.96. The van der Waals surface area contributed by atoms with E-state index >= 15 is 0 Å². The van der Waals surface area contributed by atoms with E-state index in [-0.39, 0.29) is 12.3 Å². The van der Waals surface area contributed by atoms with Gasteiger partial charge in [-0.3, -0.25) is 4.90 Å². The first-order valence-corrected chi connectivity index (χ1v) is 10.6. The Morgan fingerprint density at radius 3 is 2.34 bits per heavy atom. The molecule has 5 nitrogen and oxygen atoms in total. The van der Waals surface area contributed by atoms with Crippen molar-refractivity contribution < 1.29 is 18.0 Å². The average molecular weight is 475 g/mol. The van der Waals surface area contributed by atoms with Crippen LogP contribution in [0.15, 0.2) is 63.6 Å². The quantitative estimate of drug-likeness (QED) is 0.349. The highest BCUT2D eigenvalue weighted by atomic mass is 35.5. The number of carbonyl (C=O) groups excluding carboxylic acids is 1. The Morgan fingerprint density at radius 1 is 1.28 bits per heavy atom. The molecule has 0 saturated carbocycles. The van der Waals surface area contributed by atoms with Crippen molar-refractivity contribution in [2.45, 2.75) is 47.2 Å². The summed E-state index contributed by atoms with van der Waals surface area (Å²) in [6.07, 6.45) is 5.85. The summed E-state index contributed by atoms with van der Waals surface area (Å²) in [4.78, 5) is 14.1. The number of rotatable bonds is 6. The lowest BCUT2D eigenvalue weighted by atomic mass is 10.2. The first-order valence-electron chi connectivity index (χ1n) is 10.2. The molecule has 0 aromatic rings. The zero-order chi connectivity index (χ0) is 24.9. The van der Waals surface area contributed by atoms with E-state index in [0.29, 0.717) is 12.2 Å². The number of urea groups is 1. The SMILES string of the molecule is C/C=C(C)/C=N/N(CC(C)C)C(=O)N(C)C1=CCC=C(C(F)(F)F)C=C1.CN/C=C(\C)Cl. The van der Waals surface area contributed by atoms with Gasteiger partial charge in [-0.15, -0.1) is 0 Å². The molecule has 0 saturated heterocycles. The predicted molar refractivity (Wildman–Crippen MR) is 127 cm³/mol. The van der Waals surface area contributed by atoms with Crippen LogP contribution in [0.4, 0.5) is 18.0 Å². The number of amides is 2. The van der Waals surface area contributed by atoms with E-state index in [2.05, 4.69) is 10.4 Å². The van der Waals surface area contributed by atoms with Crippen molar-refractivity contribution in [1.82, 2.24) is 15.2 Å². The summed E-state index contributed by atoms with van der Waals surface area (Å²) in [5.41, 5.74) is 0.587. The molecular weight excluding hydrogens is 441 g/mol. The number of halogens is 4. The monoisotopic (exact) mass is 474 g/mol. The summed E-state index contributed by atoms with van der Waals surface area (Å²) >= 11 is 5.38. The van der Waals surface area contributed by atoms with Crippen LogP contribution in [0.25, 0.3) is 0 Å². The van der Waals surface area contributed by atoms with Gasteiger partial charge in [0.15, 0.2) is 0 Å². The minimum absolute atomic E-state index is 0.0971. The van der Waals surface area contributed by atoms with Gasteiger partial charge in [0.2, 0.25) is 0 Å². The molecular formula is C23H34ClF3N4O. The molecule has 0 spiro atoms. The van der Waals surface area contributed by atoms with Crippen LogP contribution in [0.5, 0.6) is 0 Å². The maximum atomic E-state index is 12.8. The van der Waals surface area contributed by atoms with Crippen molar-refractivity contribution in [3.63, 3.8) is 0 Å². The summed E-state index contributed by atoms with van der Waals surface area (Å²) in [5, 5.41) is 9.11. The van der Waals surface area contributed by atoms with Crippen LogP contribution in [-0.4, -0.2) is 49.0 Å². The van der Waals surface area contributed by atoms with Crippen LogP contribution in [0.1, 0.15) is 41.0 Å². The van der Waals surface area contributed by atoms with Crippen LogP contribution in [-0.2, 0) is 0 Å². The molecule has 180 valence electrons. The van der Waals surface area contributed by atoms with Gasteiger partial charge in [-0.25, -0.2) is 9.80 Å². The van der Waals surface area contributed by atoms with Crippen LogP contribution >= 0.6 is 11.6 Å². The van der Waals surface area contributed by atoms with Crippen molar-refractivity contribution >= 4 is 23.8 Å². The van der Waals surface area contributed by atoms with Crippen LogP contribution < -0.4 is 5.32 Å². The van der Waals surface area contributed by atoms with Gasteiger partial charge < -0.3 is 5.32 Å². The number of alkyl halides is 3. The van der Waals surface area contributed by atoms with E-state index in [1.54, 1.807) is 18.5 Å². The zero-order valence-electron chi connectivity index (χ0n) is 19.8. The molecule has 0 fully saturated rings. The third-order valence-corrected chi connectivity index (χ3v) is 4.17. The second-order valence-corrected chi connectivity index (χ2v) is 8.07. The van der Waals surface area contributed by atoms with Gasteiger partial charge in [-0.1, -0.05) is 43.7 Å². The Balaban J connectivity index is 0.00000140. The first-order chi connectivity index (χ1) is 14.8. The number of carbonyl (C=O) groups is 1. The van der Waals surface area contributed by atoms with Crippen molar-refractivity contribution in [3.8, 4) is 0 Å². The second kappa shape index (κ2) is 14.6. The Hall–Kier alpha value is -2.48. The Labute approximate surface area is 194 Å². The van der Waals surface area contributed by atoms with E-state index < -0.39 is 17.8 Å². The summed E-state index contributed by atoms with van der Waals surface area (Å²) < 4.78 is 38.5. The fourth-order valence-electron chi connectivity index (χ4n) is 2.32. The molecule has 1 aliphatic rings. The molecule has 0 atom stereocenters. The molecule has 0 bridgehead atoms. The van der Waals surface area contributed by atoms with Crippen LogP contribution in [0.2, 0.25) is 0 Å². The number of allylic oxidation sites excluding steroid dienone is 8. The van der Waals surface area contributed by atoms with E-state index in [1.165, 1.54) is 23.0 Å². The molecule has 1 rings (SSSR count). The second-order valence-electron chi connectivity index (χ2n) is 7.47. The minimum atomic E-state index is -4.40. The molecule has 0 aromatic carbocycles. The number of hydrogen-bond acceptors (Lipinski definition) is 3. The van der Waals surface area contributed by atoms with Crippen molar-refractivity contribution in [2.75, 3.05) is 20.6 Å². The molecule has 1 N–H and O–H groups in total. The molecule has 0 radical (unpaired) electrons. The number of nitrogens with one attached hydrogen (secondary N) is 1. The summed E-state index contributed by atoms with van der Waals surface area (Å²) in [6, 6.07) is -0.398.